The predicted molar refractivity (Wildman–Crippen MR) is 118 cm³/mol. The van der Waals surface area contributed by atoms with Crippen LogP contribution in [0.2, 0.25) is 0 Å². The summed E-state index contributed by atoms with van der Waals surface area (Å²) >= 11 is 3.39. The SMILES string of the molecule is Cc1ccc(C(=O)Oc2ccc(Br)cc2C=NNC(=O)c2ccc3c(c2)OCO3)cc1. The van der Waals surface area contributed by atoms with Gasteiger partial charge >= 0.3 is 5.97 Å². The first-order chi connectivity index (χ1) is 15.0. The number of amides is 1. The highest BCUT2D eigenvalue weighted by molar-refractivity contribution is 9.10. The quantitative estimate of drug-likeness (QED) is 0.252. The monoisotopic (exact) mass is 480 g/mol. The molecule has 8 heteroatoms. The summed E-state index contributed by atoms with van der Waals surface area (Å²) in [4.78, 5) is 24.8. The normalized spacial score (nSPS) is 12.1. The van der Waals surface area contributed by atoms with Crippen LogP contribution in [0.3, 0.4) is 0 Å². The number of hydrogen-bond acceptors (Lipinski definition) is 6. The van der Waals surface area contributed by atoms with Crippen LogP contribution in [0.1, 0.15) is 31.8 Å². The number of fused-ring (bicyclic) bond motifs is 1. The zero-order valence-corrected chi connectivity index (χ0v) is 18.0. The third kappa shape index (κ3) is 4.92. The van der Waals surface area contributed by atoms with Crippen molar-refractivity contribution in [1.82, 2.24) is 5.43 Å². The van der Waals surface area contributed by atoms with Gasteiger partial charge in [-0.05, 0) is 55.5 Å². The van der Waals surface area contributed by atoms with Crippen molar-refractivity contribution in [3.63, 3.8) is 0 Å². The van der Waals surface area contributed by atoms with E-state index in [0.717, 1.165) is 10.0 Å². The van der Waals surface area contributed by atoms with Crippen molar-refractivity contribution < 1.29 is 23.8 Å². The Morgan fingerprint density at radius 2 is 1.74 bits per heavy atom. The second-order valence-electron chi connectivity index (χ2n) is 6.70. The first-order valence-electron chi connectivity index (χ1n) is 9.31. The lowest BCUT2D eigenvalue weighted by atomic mass is 10.1. The maximum atomic E-state index is 12.5. The van der Waals surface area contributed by atoms with Crippen molar-refractivity contribution >= 4 is 34.0 Å². The molecule has 1 amide bonds. The minimum Gasteiger partial charge on any atom is -0.454 e. The van der Waals surface area contributed by atoms with E-state index in [4.69, 9.17) is 14.2 Å². The zero-order valence-electron chi connectivity index (χ0n) is 16.4. The summed E-state index contributed by atoms with van der Waals surface area (Å²) in [5, 5.41) is 4.00. The topological polar surface area (TPSA) is 86.2 Å². The molecular weight excluding hydrogens is 464 g/mol. The fourth-order valence-electron chi connectivity index (χ4n) is 2.82. The van der Waals surface area contributed by atoms with Crippen molar-refractivity contribution in [1.29, 1.82) is 0 Å². The summed E-state index contributed by atoms with van der Waals surface area (Å²) in [6, 6.07) is 17.1. The van der Waals surface area contributed by atoms with Crippen LogP contribution in [0.25, 0.3) is 0 Å². The van der Waals surface area contributed by atoms with E-state index >= 15 is 0 Å². The number of aryl methyl sites for hydroxylation is 1. The zero-order chi connectivity index (χ0) is 21.8. The first-order valence-corrected chi connectivity index (χ1v) is 10.1. The molecule has 0 saturated carbocycles. The summed E-state index contributed by atoms with van der Waals surface area (Å²) in [6.07, 6.45) is 1.41. The summed E-state index contributed by atoms with van der Waals surface area (Å²) in [6.45, 7) is 2.07. The molecule has 0 fully saturated rings. The average molecular weight is 481 g/mol. The van der Waals surface area contributed by atoms with Gasteiger partial charge in [-0.15, -0.1) is 0 Å². The number of hydrazone groups is 1. The number of carbonyl (C=O) groups excluding carboxylic acids is 2. The van der Waals surface area contributed by atoms with Crippen molar-refractivity contribution in [2.24, 2.45) is 5.10 Å². The van der Waals surface area contributed by atoms with Gasteiger partial charge in [0.15, 0.2) is 11.5 Å². The molecule has 0 atom stereocenters. The summed E-state index contributed by atoms with van der Waals surface area (Å²) in [5.74, 6) is 0.516. The smallest absolute Gasteiger partial charge is 0.343 e. The maximum Gasteiger partial charge on any atom is 0.343 e. The fraction of sp³-hybridized carbons (Fsp3) is 0.0870. The molecule has 7 nitrogen and oxygen atoms in total. The van der Waals surface area contributed by atoms with Gasteiger partial charge in [-0.25, -0.2) is 10.2 Å². The molecule has 0 bridgehead atoms. The number of rotatable bonds is 5. The molecular formula is C23H17BrN2O5. The molecule has 4 rings (SSSR count). The van der Waals surface area contributed by atoms with Crippen LogP contribution >= 0.6 is 15.9 Å². The number of carbonyl (C=O) groups is 2. The van der Waals surface area contributed by atoms with E-state index in [-0.39, 0.29) is 6.79 Å². The van der Waals surface area contributed by atoms with Crippen molar-refractivity contribution in [3.8, 4) is 17.2 Å². The minimum atomic E-state index is -0.485. The molecule has 0 radical (unpaired) electrons. The van der Waals surface area contributed by atoms with Crippen LogP contribution in [0.4, 0.5) is 0 Å². The largest absolute Gasteiger partial charge is 0.454 e. The van der Waals surface area contributed by atoms with Crippen LogP contribution in [-0.4, -0.2) is 24.9 Å². The Bertz CT molecular complexity index is 1180. The second-order valence-corrected chi connectivity index (χ2v) is 7.62. The first kappa shape index (κ1) is 20.6. The minimum absolute atomic E-state index is 0.130. The highest BCUT2D eigenvalue weighted by atomic mass is 79.9. The van der Waals surface area contributed by atoms with E-state index in [2.05, 4.69) is 26.5 Å². The Hall–Kier alpha value is -3.65. The maximum absolute atomic E-state index is 12.5. The van der Waals surface area contributed by atoms with Gasteiger partial charge < -0.3 is 14.2 Å². The molecule has 0 spiro atoms. The number of hydrogen-bond donors (Lipinski definition) is 1. The van der Waals surface area contributed by atoms with E-state index < -0.39 is 11.9 Å². The molecule has 3 aromatic rings. The molecule has 0 unspecified atom stereocenters. The number of nitrogens with zero attached hydrogens (tertiary/aromatic N) is 1. The fourth-order valence-corrected chi connectivity index (χ4v) is 3.20. The molecule has 0 saturated heterocycles. The summed E-state index contributed by atoms with van der Waals surface area (Å²) in [7, 11) is 0. The van der Waals surface area contributed by atoms with Crippen molar-refractivity contribution in [2.75, 3.05) is 6.79 Å². The third-order valence-corrected chi connectivity index (χ3v) is 4.96. The van der Waals surface area contributed by atoms with Gasteiger partial charge in [0.1, 0.15) is 5.75 Å². The summed E-state index contributed by atoms with van der Waals surface area (Å²) < 4.78 is 16.8. The molecule has 31 heavy (non-hydrogen) atoms. The van der Waals surface area contributed by atoms with Gasteiger partial charge in [-0.3, -0.25) is 4.79 Å². The van der Waals surface area contributed by atoms with E-state index in [9.17, 15) is 9.59 Å². The highest BCUT2D eigenvalue weighted by Gasteiger charge is 2.16. The number of esters is 1. The van der Waals surface area contributed by atoms with E-state index in [1.54, 1.807) is 48.5 Å². The van der Waals surface area contributed by atoms with Crippen molar-refractivity contribution in [3.05, 3.63) is 87.4 Å². The molecule has 1 N–H and O–H groups in total. The van der Waals surface area contributed by atoms with E-state index in [0.29, 0.717) is 33.9 Å². The molecule has 1 heterocycles. The number of halogens is 1. The van der Waals surface area contributed by atoms with Crippen molar-refractivity contribution in [2.45, 2.75) is 6.92 Å². The Kier molecular flexibility index (Phi) is 5.99. The van der Waals surface area contributed by atoms with Crippen LogP contribution in [0, 0.1) is 6.92 Å². The van der Waals surface area contributed by atoms with E-state index in [1.807, 2.05) is 19.1 Å². The van der Waals surface area contributed by atoms with Gasteiger partial charge in [0.05, 0.1) is 11.8 Å². The number of benzene rings is 3. The summed E-state index contributed by atoms with van der Waals surface area (Å²) in [5.41, 5.74) is 4.83. The molecule has 0 aliphatic carbocycles. The number of ether oxygens (including phenoxy) is 3. The van der Waals surface area contributed by atoms with E-state index in [1.165, 1.54) is 6.21 Å². The van der Waals surface area contributed by atoms with Gasteiger partial charge in [0.2, 0.25) is 6.79 Å². The highest BCUT2D eigenvalue weighted by Crippen LogP contribution is 2.32. The molecule has 0 aromatic heterocycles. The van der Waals surface area contributed by atoms with Crippen LogP contribution in [0.15, 0.2) is 70.2 Å². The Morgan fingerprint density at radius 1 is 1.00 bits per heavy atom. The van der Waals surface area contributed by atoms with Gasteiger partial charge in [-0.2, -0.15) is 5.10 Å². The average Bonchev–Trinajstić information content (AvgIpc) is 3.23. The standard InChI is InChI=1S/C23H17BrN2O5/c1-14-2-4-15(5-3-14)23(28)31-19-9-7-18(24)10-17(19)12-25-26-22(27)16-6-8-20-21(11-16)30-13-29-20/h2-12H,13H2,1H3,(H,26,27). The molecule has 1 aliphatic heterocycles. The van der Waals surface area contributed by atoms with Crippen LogP contribution < -0.4 is 19.6 Å². The third-order valence-electron chi connectivity index (χ3n) is 4.47. The lowest BCUT2D eigenvalue weighted by molar-refractivity contribution is 0.0734. The molecule has 1 aliphatic rings. The lowest BCUT2D eigenvalue weighted by Gasteiger charge is -2.08. The predicted octanol–water partition coefficient (Wildman–Crippen LogP) is 4.47. The van der Waals surface area contributed by atoms with Crippen LogP contribution in [-0.2, 0) is 0 Å². The Labute approximate surface area is 186 Å². The van der Waals surface area contributed by atoms with Gasteiger partial charge in [0, 0.05) is 15.6 Å². The molecule has 156 valence electrons. The van der Waals surface area contributed by atoms with Gasteiger partial charge in [0.25, 0.3) is 5.91 Å². The number of nitrogens with one attached hydrogen (secondary N) is 1. The Morgan fingerprint density at radius 3 is 2.55 bits per heavy atom. The Balaban J connectivity index is 1.47. The van der Waals surface area contributed by atoms with Crippen LogP contribution in [0.5, 0.6) is 17.2 Å². The molecule has 3 aromatic carbocycles. The second kappa shape index (κ2) is 9.01. The van der Waals surface area contributed by atoms with Gasteiger partial charge in [-0.1, -0.05) is 33.6 Å². The lowest BCUT2D eigenvalue weighted by Crippen LogP contribution is -2.17.